The average molecular weight is 528 g/mol. The molecule has 10 heteroatoms. The molecule has 0 radical (unpaired) electrons. The van der Waals surface area contributed by atoms with Gasteiger partial charge in [-0.15, -0.1) is 0 Å². The van der Waals surface area contributed by atoms with Gasteiger partial charge in [0.25, 0.3) is 10.0 Å². The van der Waals surface area contributed by atoms with Crippen molar-refractivity contribution < 1.29 is 21.6 Å². The number of carbonyl (C=O) groups excluding carboxylic acids is 1. The first-order valence-electron chi connectivity index (χ1n) is 11.6. The lowest BCUT2D eigenvalue weighted by atomic mass is 9.97. The number of piperidine rings is 1. The first-order valence-corrected chi connectivity index (χ1v) is 14.7. The van der Waals surface area contributed by atoms with E-state index in [0.29, 0.717) is 24.2 Å². The fourth-order valence-corrected chi connectivity index (χ4v) is 6.77. The monoisotopic (exact) mass is 527 g/mol. The number of nitrogens with zero attached hydrogens (tertiary/aromatic N) is 1. The zero-order chi connectivity index (χ0) is 25.8. The summed E-state index contributed by atoms with van der Waals surface area (Å²) in [4.78, 5) is 12.8. The first kappa shape index (κ1) is 25.9. The average Bonchev–Trinajstić information content (AvgIpc) is 2.84. The van der Waals surface area contributed by atoms with Gasteiger partial charge in [0.05, 0.1) is 10.6 Å². The second-order valence-corrected chi connectivity index (χ2v) is 12.6. The lowest BCUT2D eigenvalue weighted by Crippen LogP contribution is -2.41. The minimum absolute atomic E-state index is 0.0568. The fraction of sp³-hybridized carbons (Fsp3) is 0.269. The summed E-state index contributed by atoms with van der Waals surface area (Å²) in [6.07, 6.45) is 0.847. The van der Waals surface area contributed by atoms with Crippen LogP contribution in [0.1, 0.15) is 24.0 Å². The Morgan fingerprint density at radius 3 is 2.17 bits per heavy atom. The van der Waals surface area contributed by atoms with Gasteiger partial charge >= 0.3 is 0 Å². The van der Waals surface area contributed by atoms with Crippen molar-refractivity contribution in [1.82, 2.24) is 4.31 Å². The van der Waals surface area contributed by atoms with Gasteiger partial charge in [0, 0.05) is 30.4 Å². The van der Waals surface area contributed by atoms with Crippen LogP contribution in [0.4, 0.5) is 11.4 Å². The highest BCUT2D eigenvalue weighted by molar-refractivity contribution is 7.92. The number of carbonyl (C=O) groups is 1. The lowest BCUT2D eigenvalue weighted by molar-refractivity contribution is -0.120. The van der Waals surface area contributed by atoms with Gasteiger partial charge in [-0.05, 0) is 67.3 Å². The third-order valence-corrected chi connectivity index (χ3v) is 9.36. The van der Waals surface area contributed by atoms with Gasteiger partial charge < -0.3 is 5.32 Å². The Morgan fingerprint density at radius 2 is 1.53 bits per heavy atom. The number of nitrogens with one attached hydrogen (secondary N) is 2. The number of rotatable bonds is 8. The van der Waals surface area contributed by atoms with E-state index in [2.05, 4.69) is 10.0 Å². The van der Waals surface area contributed by atoms with Crippen molar-refractivity contribution >= 4 is 37.3 Å². The Morgan fingerprint density at radius 1 is 0.861 bits per heavy atom. The number of sulfonamides is 2. The van der Waals surface area contributed by atoms with E-state index in [-0.39, 0.29) is 35.6 Å². The molecular formula is C26H29N3O5S2. The van der Waals surface area contributed by atoms with E-state index < -0.39 is 20.0 Å². The maximum absolute atomic E-state index is 12.8. The normalized spacial score (nSPS) is 15.4. The Bertz CT molecular complexity index is 1420. The molecule has 1 aliphatic rings. The smallest absolute Gasteiger partial charge is 0.261 e. The highest BCUT2D eigenvalue weighted by atomic mass is 32.2. The lowest BCUT2D eigenvalue weighted by Gasteiger charge is -2.30. The Labute approximate surface area is 212 Å². The predicted molar refractivity (Wildman–Crippen MR) is 140 cm³/mol. The van der Waals surface area contributed by atoms with Crippen LogP contribution >= 0.6 is 0 Å². The molecule has 3 aromatic carbocycles. The number of aryl methyl sites for hydroxylation is 1. The molecule has 0 aromatic heterocycles. The molecule has 0 bridgehead atoms. The maximum atomic E-state index is 12.8. The van der Waals surface area contributed by atoms with Crippen molar-refractivity contribution in [3.8, 4) is 0 Å². The molecule has 3 aromatic rings. The number of anilines is 2. The van der Waals surface area contributed by atoms with E-state index in [1.54, 1.807) is 42.5 Å². The summed E-state index contributed by atoms with van der Waals surface area (Å²) in [7, 11) is -7.21. The summed E-state index contributed by atoms with van der Waals surface area (Å²) >= 11 is 0. The molecule has 1 heterocycles. The summed E-state index contributed by atoms with van der Waals surface area (Å²) in [5.41, 5.74) is 2.63. The SMILES string of the molecule is Cc1cccc(NS(=O)(=O)c2ccc(NC(=O)C3CCN(S(=O)(=O)Cc4ccccc4)CC3)cc2)c1. The molecule has 0 unspecified atom stereocenters. The molecule has 0 saturated carbocycles. The Balaban J connectivity index is 1.31. The Hall–Kier alpha value is -3.21. The molecule has 1 fully saturated rings. The van der Waals surface area contributed by atoms with Gasteiger partial charge in [-0.25, -0.2) is 21.1 Å². The minimum Gasteiger partial charge on any atom is -0.326 e. The highest BCUT2D eigenvalue weighted by Gasteiger charge is 2.31. The summed E-state index contributed by atoms with van der Waals surface area (Å²) in [6.45, 7) is 2.45. The van der Waals surface area contributed by atoms with Crippen LogP contribution in [-0.4, -0.2) is 40.1 Å². The van der Waals surface area contributed by atoms with Gasteiger partial charge in [-0.3, -0.25) is 9.52 Å². The van der Waals surface area contributed by atoms with Crippen LogP contribution in [0.25, 0.3) is 0 Å². The minimum atomic E-state index is -3.76. The van der Waals surface area contributed by atoms with Crippen LogP contribution in [0.3, 0.4) is 0 Å². The molecule has 1 saturated heterocycles. The zero-order valence-corrected chi connectivity index (χ0v) is 21.6. The number of hydrogen-bond donors (Lipinski definition) is 2. The first-order chi connectivity index (χ1) is 17.1. The predicted octanol–water partition coefficient (Wildman–Crippen LogP) is 3.98. The van der Waals surface area contributed by atoms with E-state index in [1.165, 1.54) is 16.4 Å². The number of amides is 1. The topological polar surface area (TPSA) is 113 Å². The molecule has 1 aliphatic heterocycles. The van der Waals surface area contributed by atoms with Gasteiger partial charge in [-0.1, -0.05) is 42.5 Å². The van der Waals surface area contributed by atoms with Crippen molar-refractivity contribution in [3.05, 3.63) is 90.0 Å². The summed E-state index contributed by atoms with van der Waals surface area (Å²) < 4.78 is 54.8. The number of hydrogen-bond acceptors (Lipinski definition) is 5. The zero-order valence-electron chi connectivity index (χ0n) is 19.9. The van der Waals surface area contributed by atoms with Crippen LogP contribution in [0.5, 0.6) is 0 Å². The molecule has 1 amide bonds. The van der Waals surface area contributed by atoms with Crippen LogP contribution in [0.2, 0.25) is 0 Å². The molecule has 8 nitrogen and oxygen atoms in total. The molecule has 4 rings (SSSR count). The van der Waals surface area contributed by atoms with Crippen molar-refractivity contribution in [2.75, 3.05) is 23.1 Å². The van der Waals surface area contributed by atoms with E-state index in [0.717, 1.165) is 11.1 Å². The molecule has 2 N–H and O–H groups in total. The quantitative estimate of drug-likeness (QED) is 0.460. The maximum Gasteiger partial charge on any atom is 0.261 e. The van der Waals surface area contributed by atoms with Crippen LogP contribution in [0.15, 0.2) is 83.8 Å². The highest BCUT2D eigenvalue weighted by Crippen LogP contribution is 2.24. The second kappa shape index (κ2) is 10.8. The van der Waals surface area contributed by atoms with Crippen molar-refractivity contribution in [3.63, 3.8) is 0 Å². The third-order valence-electron chi connectivity index (χ3n) is 6.11. The van der Waals surface area contributed by atoms with E-state index in [4.69, 9.17) is 0 Å². The molecule has 190 valence electrons. The molecular weight excluding hydrogens is 498 g/mol. The van der Waals surface area contributed by atoms with Crippen LogP contribution < -0.4 is 10.0 Å². The molecule has 0 spiro atoms. The van der Waals surface area contributed by atoms with E-state index >= 15 is 0 Å². The second-order valence-electron chi connectivity index (χ2n) is 8.90. The Kier molecular flexibility index (Phi) is 7.77. The standard InChI is InChI=1S/C26H29N3O5S2/c1-20-6-5-9-24(18-20)28-36(33,34)25-12-10-23(11-13-25)27-26(30)22-14-16-29(17-15-22)35(31,32)19-21-7-3-2-4-8-21/h2-13,18,22,28H,14-17,19H2,1H3,(H,27,30). The van der Waals surface area contributed by atoms with Crippen molar-refractivity contribution in [2.24, 2.45) is 5.92 Å². The van der Waals surface area contributed by atoms with Crippen LogP contribution in [-0.2, 0) is 30.6 Å². The van der Waals surface area contributed by atoms with Gasteiger partial charge in [0.1, 0.15) is 0 Å². The van der Waals surface area contributed by atoms with Gasteiger partial charge in [0.2, 0.25) is 15.9 Å². The van der Waals surface area contributed by atoms with Crippen molar-refractivity contribution in [2.45, 2.75) is 30.4 Å². The van der Waals surface area contributed by atoms with Crippen LogP contribution in [0, 0.1) is 12.8 Å². The van der Waals surface area contributed by atoms with Gasteiger partial charge in [0.15, 0.2) is 0 Å². The molecule has 0 aliphatic carbocycles. The summed E-state index contributed by atoms with van der Waals surface area (Å²) in [6, 6.07) is 22.1. The third kappa shape index (κ3) is 6.51. The van der Waals surface area contributed by atoms with Crippen molar-refractivity contribution in [1.29, 1.82) is 0 Å². The summed E-state index contributed by atoms with van der Waals surface area (Å²) in [5.74, 6) is -0.582. The fourth-order valence-electron chi connectivity index (χ4n) is 4.16. The largest absolute Gasteiger partial charge is 0.326 e. The summed E-state index contributed by atoms with van der Waals surface area (Å²) in [5, 5.41) is 2.82. The molecule has 0 atom stereocenters. The molecule has 36 heavy (non-hydrogen) atoms. The van der Waals surface area contributed by atoms with Gasteiger partial charge in [-0.2, -0.15) is 0 Å². The number of benzene rings is 3. The van der Waals surface area contributed by atoms with E-state index in [9.17, 15) is 21.6 Å². The van der Waals surface area contributed by atoms with E-state index in [1.807, 2.05) is 31.2 Å².